The van der Waals surface area contributed by atoms with Gasteiger partial charge in [-0.3, -0.25) is 0 Å². The predicted octanol–water partition coefficient (Wildman–Crippen LogP) is 8.11. The Morgan fingerprint density at radius 2 is 2.00 bits per heavy atom. The lowest BCUT2D eigenvalue weighted by atomic mass is 9.60. The molecule has 1 aliphatic heterocycles. The monoisotopic (exact) mass is 456 g/mol. The third-order valence-corrected chi connectivity index (χ3v) is 8.84. The van der Waals surface area contributed by atoms with Crippen LogP contribution in [0.25, 0.3) is 0 Å². The first-order chi connectivity index (χ1) is 16.1. The van der Waals surface area contributed by atoms with Crippen LogP contribution in [0, 0.1) is 5.41 Å². The minimum absolute atomic E-state index is 0.225. The molecule has 5 rings (SSSR count). The Labute approximate surface area is 203 Å². The van der Waals surface area contributed by atoms with Crippen LogP contribution in [0.4, 0.5) is 0 Å². The van der Waals surface area contributed by atoms with Gasteiger partial charge in [0.2, 0.25) is 0 Å². The molecule has 3 heteroatoms. The summed E-state index contributed by atoms with van der Waals surface area (Å²) >= 11 is 1.84. The average molecular weight is 457 g/mol. The predicted molar refractivity (Wildman–Crippen MR) is 143 cm³/mol. The number of hydrogen-bond donors (Lipinski definition) is 0. The third-order valence-electron chi connectivity index (χ3n) is 7.79. The number of benzene rings is 1. The molecule has 3 aliphatic carbocycles. The number of allylic oxidation sites excluding steroid dienone is 4. The molecule has 0 unspecified atom stereocenters. The maximum atomic E-state index is 5.41. The molecule has 0 saturated heterocycles. The number of fused-ring (bicyclic) bond motifs is 2. The number of hydrogen-bond acceptors (Lipinski definition) is 3. The maximum absolute atomic E-state index is 5.41. The van der Waals surface area contributed by atoms with Crippen molar-refractivity contribution in [2.24, 2.45) is 10.4 Å². The second kappa shape index (κ2) is 9.54. The highest BCUT2D eigenvalue weighted by molar-refractivity contribution is 8.13. The summed E-state index contributed by atoms with van der Waals surface area (Å²) < 4.78 is 0. The Hall–Kier alpha value is -2.26. The number of thioether (sulfide) groups is 1. The van der Waals surface area contributed by atoms with Crippen molar-refractivity contribution in [3.8, 4) is 0 Å². The van der Waals surface area contributed by atoms with E-state index in [1.54, 1.807) is 5.57 Å². The van der Waals surface area contributed by atoms with Crippen molar-refractivity contribution in [3.63, 3.8) is 0 Å². The van der Waals surface area contributed by atoms with Gasteiger partial charge in [-0.1, -0.05) is 92.6 Å². The van der Waals surface area contributed by atoms with Gasteiger partial charge in [-0.25, -0.2) is 4.99 Å². The number of aryl methyl sites for hydroxylation is 1. The lowest BCUT2D eigenvalue weighted by Crippen LogP contribution is -2.41. The Morgan fingerprint density at radius 3 is 2.79 bits per heavy atom. The summed E-state index contributed by atoms with van der Waals surface area (Å²) in [6, 6.07) is 8.95. The first-order valence-corrected chi connectivity index (χ1v) is 13.6. The van der Waals surface area contributed by atoms with Gasteiger partial charge in [0.15, 0.2) is 5.17 Å². The fraction of sp³-hybridized carbons (Fsp3) is 0.433. The van der Waals surface area contributed by atoms with Gasteiger partial charge in [0.1, 0.15) is 0 Å². The van der Waals surface area contributed by atoms with Crippen molar-refractivity contribution in [2.75, 3.05) is 6.54 Å². The van der Waals surface area contributed by atoms with Gasteiger partial charge < -0.3 is 4.90 Å². The van der Waals surface area contributed by atoms with Crippen LogP contribution in [-0.2, 0) is 12.2 Å². The van der Waals surface area contributed by atoms with Gasteiger partial charge in [0, 0.05) is 29.0 Å². The van der Waals surface area contributed by atoms with Crippen molar-refractivity contribution in [3.05, 3.63) is 94.9 Å². The molecule has 1 spiro atoms. The van der Waals surface area contributed by atoms with E-state index >= 15 is 0 Å². The van der Waals surface area contributed by atoms with E-state index in [0.29, 0.717) is 0 Å². The minimum atomic E-state index is 0.225. The van der Waals surface area contributed by atoms with Gasteiger partial charge in [0.25, 0.3) is 0 Å². The van der Waals surface area contributed by atoms with Gasteiger partial charge >= 0.3 is 0 Å². The topological polar surface area (TPSA) is 15.6 Å². The standard InChI is InChI=1S/C30H36N2S/c1-4-18-32-22(3)27-28(31-29(32)33-21-24-13-11-12-23(5-2)19-24)26-15-8-7-14-25(26)20-30(27)16-9-6-10-17-30/h4,8,11-13,15,19H,1,3,5-7,9-10,14,16-18,20-21H2,2H3. The molecule has 0 bridgehead atoms. The molecule has 33 heavy (non-hydrogen) atoms. The maximum Gasteiger partial charge on any atom is 0.169 e. The van der Waals surface area contributed by atoms with Crippen molar-refractivity contribution in [1.82, 2.24) is 4.90 Å². The highest BCUT2D eigenvalue weighted by atomic mass is 32.2. The number of amidine groups is 1. The van der Waals surface area contributed by atoms with E-state index in [2.05, 4.69) is 54.8 Å². The first-order valence-electron chi connectivity index (χ1n) is 12.7. The number of nitrogens with zero attached hydrogens (tertiary/aromatic N) is 2. The van der Waals surface area contributed by atoms with E-state index < -0.39 is 0 Å². The van der Waals surface area contributed by atoms with Crippen molar-refractivity contribution >= 4 is 16.9 Å². The summed E-state index contributed by atoms with van der Waals surface area (Å²) in [5.41, 5.74) is 9.82. The molecule has 4 aliphatic rings. The fourth-order valence-corrected chi connectivity index (χ4v) is 7.13. The van der Waals surface area contributed by atoms with E-state index in [0.717, 1.165) is 29.6 Å². The molecule has 1 saturated carbocycles. The van der Waals surface area contributed by atoms with Crippen LogP contribution in [0.3, 0.4) is 0 Å². The zero-order valence-corrected chi connectivity index (χ0v) is 20.9. The van der Waals surface area contributed by atoms with Gasteiger partial charge in [-0.2, -0.15) is 0 Å². The van der Waals surface area contributed by atoms with Crippen LogP contribution in [-0.4, -0.2) is 16.6 Å². The molecule has 0 radical (unpaired) electrons. The van der Waals surface area contributed by atoms with Crippen LogP contribution in [0.2, 0.25) is 0 Å². The second-order valence-electron chi connectivity index (χ2n) is 9.90. The average Bonchev–Trinajstić information content (AvgIpc) is 2.85. The molecule has 0 aromatic heterocycles. The van der Waals surface area contributed by atoms with E-state index in [-0.39, 0.29) is 5.41 Å². The molecule has 0 atom stereocenters. The van der Waals surface area contributed by atoms with Crippen molar-refractivity contribution in [2.45, 2.75) is 70.5 Å². The van der Waals surface area contributed by atoms with Crippen LogP contribution >= 0.6 is 11.8 Å². The quantitative estimate of drug-likeness (QED) is 0.416. The van der Waals surface area contributed by atoms with E-state index in [4.69, 9.17) is 11.6 Å². The Bertz CT molecular complexity index is 1080. The fourth-order valence-electron chi connectivity index (χ4n) is 6.16. The van der Waals surface area contributed by atoms with Crippen LogP contribution in [0.1, 0.15) is 69.4 Å². The van der Waals surface area contributed by atoms with Gasteiger partial charge in [-0.15, -0.1) is 6.58 Å². The Kier molecular flexibility index (Phi) is 6.51. The van der Waals surface area contributed by atoms with Crippen molar-refractivity contribution in [1.29, 1.82) is 0 Å². The second-order valence-corrected chi connectivity index (χ2v) is 10.8. The largest absolute Gasteiger partial charge is 0.317 e. The number of rotatable bonds is 5. The smallest absolute Gasteiger partial charge is 0.169 e. The molecule has 2 nitrogen and oxygen atoms in total. The Morgan fingerprint density at radius 1 is 1.18 bits per heavy atom. The molecule has 1 fully saturated rings. The molecule has 0 amide bonds. The molecular formula is C30H36N2S. The first kappa shape index (κ1) is 22.5. The third kappa shape index (κ3) is 4.21. The van der Waals surface area contributed by atoms with Gasteiger partial charge in [-0.05, 0) is 55.2 Å². The normalized spacial score (nSPS) is 21.8. The minimum Gasteiger partial charge on any atom is -0.317 e. The van der Waals surface area contributed by atoms with Gasteiger partial charge in [0.05, 0.1) is 5.70 Å². The summed E-state index contributed by atoms with van der Waals surface area (Å²) in [7, 11) is 0. The Balaban J connectivity index is 1.56. The molecule has 0 N–H and O–H groups in total. The van der Waals surface area contributed by atoms with E-state index in [9.17, 15) is 0 Å². The molecule has 1 aromatic rings. The summed E-state index contributed by atoms with van der Waals surface area (Å²) in [6.07, 6.45) is 17.9. The molecule has 1 aromatic carbocycles. The summed E-state index contributed by atoms with van der Waals surface area (Å²) in [5.74, 6) is 0.920. The van der Waals surface area contributed by atoms with E-state index in [1.165, 1.54) is 79.3 Å². The summed E-state index contributed by atoms with van der Waals surface area (Å²) in [4.78, 5) is 7.74. The van der Waals surface area contributed by atoms with Crippen molar-refractivity contribution < 1.29 is 0 Å². The lowest BCUT2D eigenvalue weighted by Gasteiger charge is -2.48. The van der Waals surface area contributed by atoms with Crippen LogP contribution < -0.4 is 0 Å². The molecule has 172 valence electrons. The zero-order valence-electron chi connectivity index (χ0n) is 20.0. The summed E-state index contributed by atoms with van der Waals surface area (Å²) in [5, 5.41) is 1.07. The van der Waals surface area contributed by atoms with Crippen LogP contribution in [0.5, 0.6) is 0 Å². The highest BCUT2D eigenvalue weighted by Gasteiger charge is 2.46. The highest BCUT2D eigenvalue weighted by Crippen LogP contribution is 2.57. The number of aliphatic imine (C=N–C) groups is 1. The molecule has 1 heterocycles. The molecular weight excluding hydrogens is 420 g/mol. The zero-order chi connectivity index (χ0) is 22.8. The van der Waals surface area contributed by atoms with E-state index in [1.807, 2.05) is 17.8 Å². The lowest BCUT2D eigenvalue weighted by molar-refractivity contribution is 0.225. The SMILES string of the molecule is C=CCN1C(=C)C2=C(N=C1SCc1cccc(CC)c1)C1=C(CCC=C1)CC21CCCCC1. The summed E-state index contributed by atoms with van der Waals surface area (Å²) in [6.45, 7) is 11.7. The van der Waals surface area contributed by atoms with Crippen LogP contribution in [0.15, 0.2) is 88.8 Å².